The molecule has 1 saturated heterocycles. The third kappa shape index (κ3) is 2.92. The quantitative estimate of drug-likeness (QED) is 0.714. The van der Waals surface area contributed by atoms with Crippen molar-refractivity contribution in [3.05, 3.63) is 0 Å². The van der Waals surface area contributed by atoms with Crippen LogP contribution in [0.2, 0.25) is 0 Å². The van der Waals surface area contributed by atoms with Crippen molar-refractivity contribution >= 4 is 0 Å². The van der Waals surface area contributed by atoms with Gasteiger partial charge in [0.1, 0.15) is 0 Å². The van der Waals surface area contributed by atoms with Gasteiger partial charge in [-0.2, -0.15) is 0 Å². The lowest BCUT2D eigenvalue weighted by Gasteiger charge is -2.37. The van der Waals surface area contributed by atoms with Crippen LogP contribution in [0.5, 0.6) is 0 Å². The second kappa shape index (κ2) is 4.81. The number of nitrogens with one attached hydrogen (secondary N) is 1. The summed E-state index contributed by atoms with van der Waals surface area (Å²) in [4.78, 5) is 2.25. The third-order valence-corrected chi connectivity index (χ3v) is 3.77. The van der Waals surface area contributed by atoms with Crippen molar-refractivity contribution in [2.24, 2.45) is 17.8 Å². The van der Waals surface area contributed by atoms with Gasteiger partial charge in [-0.05, 0) is 57.7 Å². The van der Waals surface area contributed by atoms with Gasteiger partial charge >= 0.3 is 0 Å². The number of aliphatic hydroxyl groups excluding tert-OH is 1. The lowest BCUT2D eigenvalue weighted by Crippen LogP contribution is -2.49. The lowest BCUT2D eigenvalue weighted by atomic mass is 9.82. The highest BCUT2D eigenvalue weighted by Gasteiger charge is 2.39. The average Bonchev–Trinajstić information content (AvgIpc) is 3.00. The van der Waals surface area contributed by atoms with E-state index in [-0.39, 0.29) is 0 Å². The van der Waals surface area contributed by atoms with E-state index in [1.807, 2.05) is 0 Å². The molecule has 1 aliphatic carbocycles. The Morgan fingerprint density at radius 1 is 1.33 bits per heavy atom. The third-order valence-electron chi connectivity index (χ3n) is 3.77. The molecule has 0 spiro atoms. The van der Waals surface area contributed by atoms with Gasteiger partial charge in [0.2, 0.25) is 0 Å². The van der Waals surface area contributed by atoms with E-state index in [1.165, 1.54) is 19.3 Å². The van der Waals surface area contributed by atoms with Crippen molar-refractivity contribution < 1.29 is 5.11 Å². The predicted octanol–water partition coefficient (Wildman–Crippen LogP) is 0.545. The first-order chi connectivity index (χ1) is 7.20. The molecule has 15 heavy (non-hydrogen) atoms. The van der Waals surface area contributed by atoms with Gasteiger partial charge in [-0.3, -0.25) is 0 Å². The van der Waals surface area contributed by atoms with E-state index >= 15 is 0 Å². The summed E-state index contributed by atoms with van der Waals surface area (Å²) >= 11 is 0. The van der Waals surface area contributed by atoms with Crippen molar-refractivity contribution in [3.63, 3.8) is 0 Å². The summed E-state index contributed by atoms with van der Waals surface area (Å²) in [6.45, 7) is 2.63. The highest BCUT2D eigenvalue weighted by atomic mass is 16.3. The molecule has 0 aromatic carbocycles. The second-order valence-electron chi connectivity index (χ2n) is 5.58. The van der Waals surface area contributed by atoms with E-state index in [0.717, 1.165) is 19.0 Å². The average molecular weight is 212 g/mol. The molecule has 1 aliphatic heterocycles. The maximum Gasteiger partial charge on any atom is 0.0474 e. The summed E-state index contributed by atoms with van der Waals surface area (Å²) in [6.07, 6.45) is 3.93. The van der Waals surface area contributed by atoms with E-state index in [2.05, 4.69) is 24.3 Å². The minimum Gasteiger partial charge on any atom is -0.396 e. The van der Waals surface area contributed by atoms with E-state index < -0.39 is 0 Å². The summed E-state index contributed by atoms with van der Waals surface area (Å²) in [6, 6.07) is 0.605. The molecule has 0 bridgehead atoms. The highest BCUT2D eigenvalue weighted by Crippen LogP contribution is 2.39. The van der Waals surface area contributed by atoms with Crippen LogP contribution in [0.4, 0.5) is 0 Å². The van der Waals surface area contributed by atoms with Crippen LogP contribution in [0, 0.1) is 17.8 Å². The fourth-order valence-corrected chi connectivity index (χ4v) is 2.98. The SMILES string of the molecule is CN(C)CC1CNC(C2CC2)C(CO)C1. The van der Waals surface area contributed by atoms with Crippen LogP contribution < -0.4 is 5.32 Å². The zero-order valence-corrected chi connectivity index (χ0v) is 9.95. The fraction of sp³-hybridized carbons (Fsp3) is 1.00. The van der Waals surface area contributed by atoms with Crippen LogP contribution in [-0.2, 0) is 0 Å². The van der Waals surface area contributed by atoms with Crippen molar-refractivity contribution in [2.75, 3.05) is 33.8 Å². The summed E-state index contributed by atoms with van der Waals surface area (Å²) in [5.41, 5.74) is 0. The van der Waals surface area contributed by atoms with E-state index in [4.69, 9.17) is 0 Å². The van der Waals surface area contributed by atoms with Gasteiger partial charge in [-0.1, -0.05) is 0 Å². The van der Waals surface area contributed by atoms with Crippen LogP contribution in [0.1, 0.15) is 19.3 Å². The molecule has 0 radical (unpaired) electrons. The van der Waals surface area contributed by atoms with Gasteiger partial charge in [0.05, 0.1) is 0 Å². The van der Waals surface area contributed by atoms with Gasteiger partial charge < -0.3 is 15.3 Å². The Bertz CT molecular complexity index is 204. The Hall–Kier alpha value is -0.120. The Balaban J connectivity index is 1.85. The van der Waals surface area contributed by atoms with Gasteiger partial charge in [-0.15, -0.1) is 0 Å². The zero-order chi connectivity index (χ0) is 10.8. The molecule has 0 aromatic rings. The van der Waals surface area contributed by atoms with Crippen LogP contribution in [-0.4, -0.2) is 49.8 Å². The molecule has 0 aromatic heterocycles. The number of hydrogen-bond donors (Lipinski definition) is 2. The summed E-state index contributed by atoms with van der Waals surface area (Å²) in [5, 5.41) is 13.1. The summed E-state index contributed by atoms with van der Waals surface area (Å²) in [5.74, 6) is 2.07. The first kappa shape index (κ1) is 11.4. The lowest BCUT2D eigenvalue weighted by molar-refractivity contribution is 0.110. The monoisotopic (exact) mass is 212 g/mol. The largest absolute Gasteiger partial charge is 0.396 e. The first-order valence-electron chi connectivity index (χ1n) is 6.19. The Labute approximate surface area is 92.8 Å². The smallest absolute Gasteiger partial charge is 0.0474 e. The van der Waals surface area contributed by atoms with Crippen molar-refractivity contribution in [3.8, 4) is 0 Å². The number of hydrogen-bond acceptors (Lipinski definition) is 3. The maximum atomic E-state index is 9.44. The normalized spacial score (nSPS) is 37.2. The molecule has 1 heterocycles. The van der Waals surface area contributed by atoms with Gasteiger partial charge in [0.25, 0.3) is 0 Å². The van der Waals surface area contributed by atoms with E-state index in [0.29, 0.717) is 24.5 Å². The second-order valence-corrected chi connectivity index (χ2v) is 5.58. The highest BCUT2D eigenvalue weighted by molar-refractivity contribution is 4.95. The molecule has 88 valence electrons. The molecule has 1 saturated carbocycles. The predicted molar refractivity (Wildman–Crippen MR) is 61.8 cm³/mol. The molecule has 3 nitrogen and oxygen atoms in total. The standard InChI is InChI=1S/C12H24N2O/c1-14(2)7-9-5-11(8-15)12(13-6-9)10-3-4-10/h9-13,15H,3-8H2,1-2H3. The molecule has 3 heteroatoms. The number of piperidine rings is 1. The van der Waals surface area contributed by atoms with Crippen molar-refractivity contribution in [1.29, 1.82) is 0 Å². The van der Waals surface area contributed by atoms with Gasteiger partial charge in [0, 0.05) is 19.2 Å². The summed E-state index contributed by atoms with van der Waals surface area (Å²) in [7, 11) is 4.25. The minimum absolute atomic E-state index is 0.359. The Morgan fingerprint density at radius 3 is 2.60 bits per heavy atom. The van der Waals surface area contributed by atoms with Crippen LogP contribution in [0.15, 0.2) is 0 Å². The van der Waals surface area contributed by atoms with Crippen LogP contribution in [0.3, 0.4) is 0 Å². The first-order valence-corrected chi connectivity index (χ1v) is 6.19. The molecule has 0 amide bonds. The molecular weight excluding hydrogens is 188 g/mol. The Kier molecular flexibility index (Phi) is 3.65. The molecule has 3 unspecified atom stereocenters. The Morgan fingerprint density at radius 2 is 2.07 bits per heavy atom. The maximum absolute atomic E-state index is 9.44. The molecule has 3 atom stereocenters. The molecule has 2 fully saturated rings. The fourth-order valence-electron chi connectivity index (χ4n) is 2.98. The van der Waals surface area contributed by atoms with Gasteiger partial charge in [-0.25, -0.2) is 0 Å². The van der Waals surface area contributed by atoms with E-state index in [1.54, 1.807) is 0 Å². The van der Waals surface area contributed by atoms with Crippen LogP contribution >= 0.6 is 0 Å². The number of nitrogens with zero attached hydrogens (tertiary/aromatic N) is 1. The van der Waals surface area contributed by atoms with E-state index in [9.17, 15) is 5.11 Å². The molecule has 2 aliphatic rings. The summed E-state index contributed by atoms with van der Waals surface area (Å²) < 4.78 is 0. The van der Waals surface area contributed by atoms with Gasteiger partial charge in [0.15, 0.2) is 0 Å². The molecule has 2 N–H and O–H groups in total. The molecular formula is C12H24N2O. The zero-order valence-electron chi connectivity index (χ0n) is 9.95. The number of rotatable bonds is 4. The topological polar surface area (TPSA) is 35.5 Å². The van der Waals surface area contributed by atoms with Crippen LogP contribution in [0.25, 0.3) is 0 Å². The number of aliphatic hydroxyl groups is 1. The minimum atomic E-state index is 0.359. The molecule has 2 rings (SSSR count). The van der Waals surface area contributed by atoms with Crippen molar-refractivity contribution in [2.45, 2.75) is 25.3 Å². The van der Waals surface area contributed by atoms with Crippen molar-refractivity contribution in [1.82, 2.24) is 10.2 Å².